The summed E-state index contributed by atoms with van der Waals surface area (Å²) in [7, 11) is 0. The number of carboxylic acid groups (broad SMARTS) is 1. The average molecular weight is 268 g/mol. The number of rotatable bonds is 7. The van der Waals surface area contributed by atoms with Gasteiger partial charge in [-0.3, -0.25) is 0 Å². The average Bonchev–Trinajstić information content (AvgIpc) is 2.89. The van der Waals surface area contributed by atoms with E-state index in [-0.39, 0.29) is 6.04 Å². The van der Waals surface area contributed by atoms with Gasteiger partial charge in [0, 0.05) is 12.4 Å². The molecule has 1 aromatic heterocycles. The van der Waals surface area contributed by atoms with E-state index in [1.54, 1.807) is 12.4 Å². The van der Waals surface area contributed by atoms with Crippen molar-refractivity contribution >= 4 is 12.0 Å². The number of aromatic amines is 1. The van der Waals surface area contributed by atoms with Gasteiger partial charge < -0.3 is 20.7 Å². The predicted molar refractivity (Wildman–Crippen MR) is 69.6 cm³/mol. The molecule has 0 saturated heterocycles. The minimum absolute atomic E-state index is 0.258. The summed E-state index contributed by atoms with van der Waals surface area (Å²) in [6.45, 7) is 3.78. The molecule has 0 aliphatic rings. The molecule has 4 N–H and O–H groups in total. The van der Waals surface area contributed by atoms with E-state index in [4.69, 9.17) is 5.11 Å². The number of hydrogen-bond acceptors (Lipinski definition) is 3. The third kappa shape index (κ3) is 4.61. The van der Waals surface area contributed by atoms with Gasteiger partial charge in [0.2, 0.25) is 0 Å². The maximum atomic E-state index is 11.8. The number of imidazole rings is 1. The summed E-state index contributed by atoms with van der Waals surface area (Å²) >= 11 is 0. The van der Waals surface area contributed by atoms with Crippen LogP contribution < -0.4 is 10.6 Å². The van der Waals surface area contributed by atoms with E-state index in [0.29, 0.717) is 25.1 Å². The first-order valence-electron chi connectivity index (χ1n) is 6.37. The van der Waals surface area contributed by atoms with Crippen LogP contribution >= 0.6 is 0 Å². The molecule has 7 heteroatoms. The first-order valence-corrected chi connectivity index (χ1v) is 6.37. The summed E-state index contributed by atoms with van der Waals surface area (Å²) in [5, 5.41) is 14.1. The van der Waals surface area contributed by atoms with Crippen molar-refractivity contribution in [2.24, 2.45) is 0 Å². The minimum Gasteiger partial charge on any atom is -0.480 e. The van der Waals surface area contributed by atoms with Gasteiger partial charge >= 0.3 is 12.0 Å². The number of hydrogen-bond donors (Lipinski definition) is 4. The maximum absolute atomic E-state index is 11.8. The number of urea groups is 1. The van der Waals surface area contributed by atoms with E-state index in [2.05, 4.69) is 20.6 Å². The number of nitrogens with one attached hydrogen (secondary N) is 3. The molecule has 0 aromatic carbocycles. The van der Waals surface area contributed by atoms with E-state index in [0.717, 1.165) is 0 Å². The Morgan fingerprint density at radius 1 is 1.42 bits per heavy atom. The van der Waals surface area contributed by atoms with Gasteiger partial charge in [0.05, 0.1) is 6.04 Å². The third-order valence-corrected chi connectivity index (χ3v) is 2.74. The molecule has 19 heavy (non-hydrogen) atoms. The van der Waals surface area contributed by atoms with Crippen molar-refractivity contribution in [1.29, 1.82) is 0 Å². The van der Waals surface area contributed by atoms with Crippen molar-refractivity contribution in [3.63, 3.8) is 0 Å². The molecule has 2 atom stereocenters. The van der Waals surface area contributed by atoms with Gasteiger partial charge in [-0.05, 0) is 12.8 Å². The number of carboxylic acids is 1. The summed E-state index contributed by atoms with van der Waals surface area (Å²) in [6, 6.07) is -1.62. The topological polar surface area (TPSA) is 107 Å². The smallest absolute Gasteiger partial charge is 0.326 e. The molecule has 1 rings (SSSR count). The SMILES string of the molecule is CCC[C@H](NC(=O)NC(CC)c1ncc[nH]1)C(=O)O. The van der Waals surface area contributed by atoms with E-state index < -0.39 is 18.0 Å². The lowest BCUT2D eigenvalue weighted by Crippen LogP contribution is -2.47. The van der Waals surface area contributed by atoms with Crippen molar-refractivity contribution in [3.05, 3.63) is 18.2 Å². The second-order valence-corrected chi connectivity index (χ2v) is 4.23. The van der Waals surface area contributed by atoms with Crippen LogP contribution in [0, 0.1) is 0 Å². The van der Waals surface area contributed by atoms with Crippen LogP contribution in [0.15, 0.2) is 12.4 Å². The molecule has 0 spiro atoms. The zero-order valence-corrected chi connectivity index (χ0v) is 11.1. The van der Waals surface area contributed by atoms with Crippen LogP contribution in [-0.4, -0.2) is 33.1 Å². The van der Waals surface area contributed by atoms with E-state index in [9.17, 15) is 9.59 Å². The van der Waals surface area contributed by atoms with Crippen LogP contribution in [-0.2, 0) is 4.79 Å². The molecule has 1 heterocycles. The number of carbonyl (C=O) groups is 2. The number of nitrogens with zero attached hydrogens (tertiary/aromatic N) is 1. The standard InChI is InChI=1S/C12H20N4O3/c1-3-5-9(11(17)18)16-12(19)15-8(4-2)10-13-6-7-14-10/h6-9H,3-5H2,1-2H3,(H,13,14)(H,17,18)(H2,15,16,19)/t8?,9-/m0/s1. The lowest BCUT2D eigenvalue weighted by molar-refractivity contribution is -0.139. The van der Waals surface area contributed by atoms with Crippen LogP contribution in [0.2, 0.25) is 0 Å². The first kappa shape index (κ1) is 15.0. The largest absolute Gasteiger partial charge is 0.480 e. The van der Waals surface area contributed by atoms with Crippen LogP contribution in [0.1, 0.15) is 45.0 Å². The fraction of sp³-hybridized carbons (Fsp3) is 0.583. The minimum atomic E-state index is -1.02. The molecule has 0 aliphatic carbocycles. The summed E-state index contributed by atoms with van der Waals surface area (Å²) in [6.07, 6.45) is 5.03. The van der Waals surface area contributed by atoms with Crippen molar-refractivity contribution < 1.29 is 14.7 Å². The molecule has 0 fully saturated rings. The highest BCUT2D eigenvalue weighted by atomic mass is 16.4. The highest BCUT2D eigenvalue weighted by Crippen LogP contribution is 2.10. The first-order chi connectivity index (χ1) is 9.08. The molecule has 0 bridgehead atoms. The zero-order chi connectivity index (χ0) is 14.3. The summed E-state index contributed by atoms with van der Waals surface area (Å²) in [4.78, 5) is 29.7. The molecule has 0 saturated carbocycles. The Labute approximate surface area is 111 Å². The molecule has 7 nitrogen and oxygen atoms in total. The molecule has 106 valence electrons. The molecule has 1 aromatic rings. The van der Waals surface area contributed by atoms with Gasteiger partial charge in [0.15, 0.2) is 0 Å². The zero-order valence-electron chi connectivity index (χ0n) is 11.1. The highest BCUT2D eigenvalue weighted by Gasteiger charge is 2.21. The Kier molecular flexibility index (Phi) is 5.84. The van der Waals surface area contributed by atoms with Crippen molar-refractivity contribution in [2.75, 3.05) is 0 Å². The number of H-pyrrole nitrogens is 1. The fourth-order valence-corrected chi connectivity index (χ4v) is 1.74. The Morgan fingerprint density at radius 2 is 2.16 bits per heavy atom. The second-order valence-electron chi connectivity index (χ2n) is 4.23. The Morgan fingerprint density at radius 3 is 2.63 bits per heavy atom. The predicted octanol–water partition coefficient (Wildman–Crippen LogP) is 1.41. The van der Waals surface area contributed by atoms with Crippen LogP contribution in [0.4, 0.5) is 4.79 Å². The van der Waals surface area contributed by atoms with Crippen LogP contribution in [0.5, 0.6) is 0 Å². The lowest BCUT2D eigenvalue weighted by atomic mass is 10.2. The van der Waals surface area contributed by atoms with Gasteiger partial charge in [-0.1, -0.05) is 20.3 Å². The number of aliphatic carboxylic acids is 1. The van der Waals surface area contributed by atoms with Gasteiger partial charge in [-0.2, -0.15) is 0 Å². The normalized spacial score (nSPS) is 13.6. The number of amides is 2. The molecule has 2 amide bonds. The summed E-state index contributed by atoms with van der Waals surface area (Å²) < 4.78 is 0. The number of carbonyl (C=O) groups excluding carboxylic acids is 1. The molecule has 0 aliphatic heterocycles. The van der Waals surface area contributed by atoms with Crippen LogP contribution in [0.3, 0.4) is 0 Å². The molecule has 0 radical (unpaired) electrons. The van der Waals surface area contributed by atoms with Gasteiger partial charge in [0.25, 0.3) is 0 Å². The van der Waals surface area contributed by atoms with E-state index in [1.165, 1.54) is 0 Å². The Bertz CT molecular complexity index is 405. The lowest BCUT2D eigenvalue weighted by Gasteiger charge is -2.18. The van der Waals surface area contributed by atoms with Gasteiger partial charge in [-0.15, -0.1) is 0 Å². The second kappa shape index (κ2) is 7.40. The van der Waals surface area contributed by atoms with Gasteiger partial charge in [0.1, 0.15) is 11.9 Å². The molecular formula is C12H20N4O3. The van der Waals surface area contributed by atoms with Crippen molar-refractivity contribution in [3.8, 4) is 0 Å². The van der Waals surface area contributed by atoms with E-state index >= 15 is 0 Å². The maximum Gasteiger partial charge on any atom is 0.326 e. The fourth-order valence-electron chi connectivity index (χ4n) is 1.74. The highest BCUT2D eigenvalue weighted by molar-refractivity contribution is 5.82. The number of aromatic nitrogens is 2. The van der Waals surface area contributed by atoms with Crippen LogP contribution in [0.25, 0.3) is 0 Å². The Balaban J connectivity index is 2.55. The Hall–Kier alpha value is -2.05. The van der Waals surface area contributed by atoms with Crippen molar-refractivity contribution in [2.45, 2.75) is 45.2 Å². The third-order valence-electron chi connectivity index (χ3n) is 2.74. The summed E-state index contributed by atoms with van der Waals surface area (Å²) in [5.74, 6) is -0.372. The van der Waals surface area contributed by atoms with Crippen molar-refractivity contribution in [1.82, 2.24) is 20.6 Å². The quantitative estimate of drug-likeness (QED) is 0.599. The van der Waals surface area contributed by atoms with Gasteiger partial charge in [-0.25, -0.2) is 14.6 Å². The summed E-state index contributed by atoms with van der Waals surface area (Å²) in [5.41, 5.74) is 0. The monoisotopic (exact) mass is 268 g/mol. The molecular weight excluding hydrogens is 248 g/mol. The molecule has 1 unspecified atom stereocenters. The van der Waals surface area contributed by atoms with E-state index in [1.807, 2.05) is 13.8 Å².